The average molecular weight is 314 g/mol. The van der Waals surface area contributed by atoms with E-state index in [1.807, 2.05) is 0 Å². The molecule has 2 fully saturated rings. The van der Waals surface area contributed by atoms with Gasteiger partial charge >= 0.3 is 6.03 Å². The summed E-state index contributed by atoms with van der Waals surface area (Å²) in [6.07, 6.45) is 8.09. The fourth-order valence-electron chi connectivity index (χ4n) is 4.16. The van der Waals surface area contributed by atoms with Crippen molar-refractivity contribution in [2.75, 3.05) is 13.1 Å². The zero-order chi connectivity index (χ0) is 16.2. The molecule has 0 aromatic heterocycles. The molecule has 0 aliphatic carbocycles. The number of urea groups is 1. The maximum atomic E-state index is 13.0. The number of likely N-dealkylation sites (tertiary alicyclic amines) is 2. The fourth-order valence-corrected chi connectivity index (χ4v) is 4.16. The number of piperidine rings is 1. The van der Waals surface area contributed by atoms with E-state index in [4.69, 9.17) is 0 Å². The van der Waals surface area contributed by atoms with Gasteiger partial charge in [0.15, 0.2) is 0 Å². The summed E-state index contributed by atoms with van der Waals surface area (Å²) in [5.74, 6) is 0. The smallest absolute Gasteiger partial charge is 0.320 e. The van der Waals surface area contributed by atoms with Crippen LogP contribution in [-0.2, 0) is 6.42 Å². The van der Waals surface area contributed by atoms with E-state index >= 15 is 0 Å². The molecule has 2 aliphatic heterocycles. The molecule has 1 aromatic carbocycles. The minimum absolute atomic E-state index is 0.296. The van der Waals surface area contributed by atoms with Crippen LogP contribution in [0.1, 0.15) is 56.6 Å². The summed E-state index contributed by atoms with van der Waals surface area (Å²) in [5, 5.41) is 0. The minimum Gasteiger partial charge on any atom is -0.325 e. The number of hydrogen-bond acceptors (Lipinski definition) is 1. The van der Waals surface area contributed by atoms with Gasteiger partial charge in [-0.1, -0.05) is 24.3 Å². The summed E-state index contributed by atoms with van der Waals surface area (Å²) in [7, 11) is 0. The van der Waals surface area contributed by atoms with E-state index < -0.39 is 0 Å². The number of benzene rings is 1. The molecule has 3 rings (SSSR count). The van der Waals surface area contributed by atoms with Gasteiger partial charge in [-0.2, -0.15) is 0 Å². The highest BCUT2D eigenvalue weighted by molar-refractivity contribution is 5.75. The summed E-state index contributed by atoms with van der Waals surface area (Å²) in [4.78, 5) is 17.2. The van der Waals surface area contributed by atoms with Gasteiger partial charge in [0.2, 0.25) is 0 Å². The maximum Gasteiger partial charge on any atom is 0.320 e. The van der Waals surface area contributed by atoms with Crippen molar-refractivity contribution in [2.24, 2.45) is 0 Å². The van der Waals surface area contributed by atoms with Crippen molar-refractivity contribution in [3.05, 3.63) is 35.4 Å². The summed E-state index contributed by atoms with van der Waals surface area (Å²) in [6.45, 7) is 6.30. The highest BCUT2D eigenvalue weighted by Gasteiger charge is 2.36. The Bertz CT molecular complexity index is 536. The molecule has 0 bridgehead atoms. The highest BCUT2D eigenvalue weighted by atomic mass is 16.2. The van der Waals surface area contributed by atoms with Crippen molar-refractivity contribution < 1.29 is 4.79 Å². The summed E-state index contributed by atoms with van der Waals surface area (Å²) >= 11 is 0. The maximum absolute atomic E-state index is 13.0. The number of carbonyl (C=O) groups is 1. The molecule has 126 valence electrons. The van der Waals surface area contributed by atoms with Gasteiger partial charge in [-0.15, -0.1) is 0 Å². The van der Waals surface area contributed by atoms with Crippen LogP contribution in [0.4, 0.5) is 4.79 Å². The lowest BCUT2D eigenvalue weighted by Crippen LogP contribution is -2.49. The van der Waals surface area contributed by atoms with E-state index in [0.717, 1.165) is 38.8 Å². The van der Waals surface area contributed by atoms with Crippen LogP contribution < -0.4 is 0 Å². The quantitative estimate of drug-likeness (QED) is 0.812. The van der Waals surface area contributed by atoms with Crippen molar-refractivity contribution in [1.29, 1.82) is 0 Å². The first kappa shape index (κ1) is 16.4. The SMILES string of the molecule is Cc1ccccc1CC[C@H]1CC[C@@H](C)N1C(=O)N1CCCCC1. The topological polar surface area (TPSA) is 23.6 Å². The zero-order valence-corrected chi connectivity index (χ0v) is 14.6. The van der Waals surface area contributed by atoms with Crippen LogP contribution in [0.15, 0.2) is 24.3 Å². The van der Waals surface area contributed by atoms with Crippen molar-refractivity contribution in [3.63, 3.8) is 0 Å². The standard InChI is InChI=1S/C20H30N2O/c1-16-8-4-5-9-18(16)11-13-19-12-10-17(2)22(19)20(23)21-14-6-3-7-15-21/h4-5,8-9,17,19H,3,6-7,10-15H2,1-2H3/t17-,19-/m1/s1. The molecule has 23 heavy (non-hydrogen) atoms. The van der Waals surface area contributed by atoms with Gasteiger partial charge in [0.1, 0.15) is 0 Å². The molecule has 3 nitrogen and oxygen atoms in total. The second-order valence-corrected chi connectivity index (χ2v) is 7.28. The Kier molecular flexibility index (Phi) is 5.24. The monoisotopic (exact) mass is 314 g/mol. The lowest BCUT2D eigenvalue weighted by Gasteiger charge is -2.36. The van der Waals surface area contributed by atoms with E-state index in [0.29, 0.717) is 18.1 Å². The molecule has 2 atom stereocenters. The van der Waals surface area contributed by atoms with Crippen LogP contribution in [0.2, 0.25) is 0 Å². The molecule has 0 N–H and O–H groups in total. The highest BCUT2D eigenvalue weighted by Crippen LogP contribution is 2.29. The van der Waals surface area contributed by atoms with Crippen molar-refractivity contribution in [3.8, 4) is 0 Å². The van der Waals surface area contributed by atoms with Crippen LogP contribution in [-0.4, -0.2) is 41.0 Å². The Morgan fingerprint density at radius 3 is 2.61 bits per heavy atom. The van der Waals surface area contributed by atoms with Crippen LogP contribution in [0.25, 0.3) is 0 Å². The third-order valence-electron chi connectivity index (χ3n) is 5.64. The number of rotatable bonds is 3. The van der Waals surface area contributed by atoms with Crippen LogP contribution in [0.5, 0.6) is 0 Å². The summed E-state index contributed by atoms with van der Waals surface area (Å²) in [6, 6.07) is 9.74. The lowest BCUT2D eigenvalue weighted by atomic mass is 10.00. The van der Waals surface area contributed by atoms with Crippen molar-refractivity contribution in [1.82, 2.24) is 9.80 Å². The van der Waals surface area contributed by atoms with E-state index in [9.17, 15) is 4.79 Å². The lowest BCUT2D eigenvalue weighted by molar-refractivity contribution is 0.124. The molecule has 2 aliphatic rings. The molecule has 2 saturated heterocycles. The number of carbonyl (C=O) groups excluding carboxylic acids is 1. The predicted molar refractivity (Wildman–Crippen MR) is 94.6 cm³/mol. The van der Waals surface area contributed by atoms with E-state index in [-0.39, 0.29) is 0 Å². The number of aryl methyl sites for hydroxylation is 2. The fraction of sp³-hybridized carbons (Fsp3) is 0.650. The first-order chi connectivity index (χ1) is 11.2. The van der Waals surface area contributed by atoms with Gasteiger partial charge in [0.25, 0.3) is 0 Å². The predicted octanol–water partition coefficient (Wildman–Crippen LogP) is 4.39. The average Bonchev–Trinajstić information content (AvgIpc) is 2.95. The zero-order valence-electron chi connectivity index (χ0n) is 14.6. The van der Waals surface area contributed by atoms with Crippen molar-refractivity contribution in [2.45, 2.75) is 70.9 Å². The second kappa shape index (κ2) is 7.37. The van der Waals surface area contributed by atoms with E-state index in [1.165, 1.54) is 30.4 Å². The largest absolute Gasteiger partial charge is 0.325 e. The normalized spacial score (nSPS) is 25.0. The van der Waals surface area contributed by atoms with Gasteiger partial charge in [-0.05, 0) is 69.9 Å². The molecule has 3 heteroatoms. The van der Waals surface area contributed by atoms with Gasteiger partial charge in [-0.25, -0.2) is 4.79 Å². The first-order valence-corrected chi connectivity index (χ1v) is 9.28. The number of hydrogen-bond donors (Lipinski definition) is 0. The Morgan fingerprint density at radius 1 is 1.13 bits per heavy atom. The third kappa shape index (κ3) is 3.70. The molecule has 2 heterocycles. The molecular weight excluding hydrogens is 284 g/mol. The molecule has 0 radical (unpaired) electrons. The van der Waals surface area contributed by atoms with Gasteiger partial charge < -0.3 is 9.80 Å². The van der Waals surface area contributed by atoms with Gasteiger partial charge in [-0.3, -0.25) is 0 Å². The first-order valence-electron chi connectivity index (χ1n) is 9.28. The van der Waals surface area contributed by atoms with Crippen LogP contribution >= 0.6 is 0 Å². The molecular formula is C20H30N2O. The number of nitrogens with zero attached hydrogens (tertiary/aromatic N) is 2. The summed E-state index contributed by atoms with van der Waals surface area (Å²) in [5.41, 5.74) is 2.80. The Balaban J connectivity index is 1.63. The van der Waals surface area contributed by atoms with Crippen LogP contribution in [0.3, 0.4) is 0 Å². The molecule has 0 spiro atoms. The molecule has 0 unspecified atom stereocenters. The minimum atomic E-state index is 0.296. The molecule has 2 amide bonds. The van der Waals surface area contributed by atoms with Crippen LogP contribution in [0, 0.1) is 6.92 Å². The Labute approximate surface area is 140 Å². The second-order valence-electron chi connectivity index (χ2n) is 7.28. The summed E-state index contributed by atoms with van der Waals surface area (Å²) < 4.78 is 0. The van der Waals surface area contributed by atoms with Gasteiger partial charge in [0.05, 0.1) is 0 Å². The Morgan fingerprint density at radius 2 is 1.87 bits per heavy atom. The number of amides is 2. The molecule has 0 saturated carbocycles. The van der Waals surface area contributed by atoms with Crippen molar-refractivity contribution >= 4 is 6.03 Å². The van der Waals surface area contributed by atoms with Gasteiger partial charge in [0, 0.05) is 25.2 Å². The molecule has 1 aromatic rings. The third-order valence-corrected chi connectivity index (χ3v) is 5.64. The Hall–Kier alpha value is -1.51. The van der Waals surface area contributed by atoms with E-state index in [2.05, 4.69) is 47.9 Å². The van der Waals surface area contributed by atoms with E-state index in [1.54, 1.807) is 0 Å².